The van der Waals surface area contributed by atoms with E-state index in [0.29, 0.717) is 0 Å². The summed E-state index contributed by atoms with van der Waals surface area (Å²) in [5, 5.41) is 0. The zero-order valence-corrected chi connectivity index (χ0v) is 9.83. The first-order valence-electron chi connectivity index (χ1n) is 4.86. The van der Waals surface area contributed by atoms with E-state index in [0.717, 1.165) is 28.8 Å². The molecule has 0 saturated heterocycles. The van der Waals surface area contributed by atoms with Gasteiger partial charge in [-0.3, -0.25) is 5.84 Å². The Labute approximate surface area is 97.4 Å². The molecule has 4 heteroatoms. The van der Waals surface area contributed by atoms with Crippen LogP contribution in [0.15, 0.2) is 40.6 Å². The lowest BCUT2D eigenvalue weighted by Gasteiger charge is -2.18. The van der Waals surface area contributed by atoms with Crippen molar-refractivity contribution < 1.29 is 4.74 Å². The average Bonchev–Trinajstić information content (AvgIpc) is 2.75. The van der Waals surface area contributed by atoms with Gasteiger partial charge in [0.2, 0.25) is 0 Å². The van der Waals surface area contributed by atoms with E-state index >= 15 is 0 Å². The maximum Gasteiger partial charge on any atom is 0.115 e. The Hall–Kier alpha value is -0.840. The van der Waals surface area contributed by atoms with E-state index < -0.39 is 0 Å². The molecule has 0 bridgehead atoms. The van der Waals surface area contributed by atoms with E-state index in [-0.39, 0.29) is 6.04 Å². The number of halogens is 1. The van der Waals surface area contributed by atoms with E-state index in [9.17, 15) is 0 Å². The zero-order valence-electron chi connectivity index (χ0n) is 8.24. The molecule has 0 fully saturated rings. The Morgan fingerprint density at radius 3 is 2.80 bits per heavy atom. The normalized spacial score (nSPS) is 17.1. The van der Waals surface area contributed by atoms with Gasteiger partial charge in [-0.25, -0.2) is 5.43 Å². The minimum Gasteiger partial charge on any atom is -0.496 e. The van der Waals surface area contributed by atoms with Gasteiger partial charge >= 0.3 is 0 Å². The van der Waals surface area contributed by atoms with Crippen molar-refractivity contribution in [2.75, 3.05) is 6.61 Å². The molecule has 80 valence electrons. The molecule has 1 aliphatic rings. The van der Waals surface area contributed by atoms with Gasteiger partial charge in [-0.05, 0) is 17.7 Å². The smallest absolute Gasteiger partial charge is 0.115 e. The Bertz CT molecular complexity index is 379. The molecule has 0 aromatic heterocycles. The number of hydrogen-bond donors (Lipinski definition) is 2. The van der Waals surface area contributed by atoms with Crippen molar-refractivity contribution in [2.24, 2.45) is 5.84 Å². The maximum atomic E-state index is 5.56. The van der Waals surface area contributed by atoms with Crippen LogP contribution in [-0.4, -0.2) is 6.61 Å². The summed E-state index contributed by atoms with van der Waals surface area (Å²) in [6, 6.07) is 7.92. The van der Waals surface area contributed by atoms with Gasteiger partial charge in [-0.2, -0.15) is 0 Å². The molecule has 0 spiro atoms. The van der Waals surface area contributed by atoms with Gasteiger partial charge < -0.3 is 4.74 Å². The standard InChI is InChI=1S/C11H13BrN2O/c12-9-5-2-1-4-8(9)11(14-13)10-6-3-7-15-10/h1-2,4-6,11,14H,3,7,13H2. The minimum absolute atomic E-state index is 0.0666. The third-order valence-corrected chi connectivity index (χ3v) is 3.12. The highest BCUT2D eigenvalue weighted by atomic mass is 79.9. The highest BCUT2D eigenvalue weighted by molar-refractivity contribution is 9.10. The maximum absolute atomic E-state index is 5.56. The van der Waals surface area contributed by atoms with E-state index in [1.165, 1.54) is 0 Å². The topological polar surface area (TPSA) is 47.3 Å². The second-order valence-corrected chi connectivity index (χ2v) is 4.22. The van der Waals surface area contributed by atoms with E-state index in [1.54, 1.807) is 0 Å². The predicted octanol–water partition coefficient (Wildman–Crippen LogP) is 2.26. The van der Waals surface area contributed by atoms with Gasteiger partial charge in [0.1, 0.15) is 11.8 Å². The quantitative estimate of drug-likeness (QED) is 0.653. The summed E-state index contributed by atoms with van der Waals surface area (Å²) < 4.78 is 6.54. The van der Waals surface area contributed by atoms with E-state index in [1.807, 2.05) is 24.3 Å². The Kier molecular flexibility index (Phi) is 3.41. The summed E-state index contributed by atoms with van der Waals surface area (Å²) in [5.74, 6) is 6.47. The van der Waals surface area contributed by atoms with Crippen LogP contribution in [0.3, 0.4) is 0 Å². The van der Waals surface area contributed by atoms with Crippen LogP contribution in [-0.2, 0) is 4.74 Å². The lowest BCUT2D eigenvalue weighted by molar-refractivity contribution is 0.215. The third-order valence-electron chi connectivity index (χ3n) is 2.40. The molecule has 1 aliphatic heterocycles. The van der Waals surface area contributed by atoms with Crippen LogP contribution < -0.4 is 11.3 Å². The summed E-state index contributed by atoms with van der Waals surface area (Å²) in [6.07, 6.45) is 3.03. The van der Waals surface area contributed by atoms with E-state index in [2.05, 4.69) is 27.4 Å². The summed E-state index contributed by atoms with van der Waals surface area (Å²) >= 11 is 3.51. The second-order valence-electron chi connectivity index (χ2n) is 3.36. The number of ether oxygens (including phenoxy) is 1. The number of hydrazine groups is 1. The molecule has 2 rings (SSSR count). The summed E-state index contributed by atoms with van der Waals surface area (Å²) in [6.45, 7) is 0.748. The first kappa shape index (κ1) is 10.7. The van der Waals surface area contributed by atoms with Crippen LogP contribution in [0.2, 0.25) is 0 Å². The van der Waals surface area contributed by atoms with Crippen LogP contribution in [0, 0.1) is 0 Å². The molecular formula is C11H13BrN2O. The molecule has 3 nitrogen and oxygen atoms in total. The van der Waals surface area contributed by atoms with Gasteiger partial charge in [0, 0.05) is 10.9 Å². The second kappa shape index (κ2) is 4.79. The van der Waals surface area contributed by atoms with Gasteiger partial charge in [0.15, 0.2) is 0 Å². The number of nitrogens with two attached hydrogens (primary N) is 1. The molecule has 0 radical (unpaired) electrons. The zero-order chi connectivity index (χ0) is 10.7. The highest BCUT2D eigenvalue weighted by Gasteiger charge is 2.20. The first-order chi connectivity index (χ1) is 7.33. The van der Waals surface area contributed by atoms with Crippen molar-refractivity contribution in [3.63, 3.8) is 0 Å². The largest absolute Gasteiger partial charge is 0.496 e. The molecular weight excluding hydrogens is 256 g/mol. The Morgan fingerprint density at radius 1 is 1.40 bits per heavy atom. The predicted molar refractivity (Wildman–Crippen MR) is 62.9 cm³/mol. The van der Waals surface area contributed by atoms with Crippen LogP contribution in [0.5, 0.6) is 0 Å². The van der Waals surface area contributed by atoms with Crippen molar-refractivity contribution in [1.29, 1.82) is 0 Å². The van der Waals surface area contributed by atoms with Gasteiger partial charge in [-0.15, -0.1) is 0 Å². The monoisotopic (exact) mass is 268 g/mol. The van der Waals surface area contributed by atoms with Gasteiger partial charge in [-0.1, -0.05) is 34.1 Å². The number of rotatable bonds is 3. The van der Waals surface area contributed by atoms with Crippen LogP contribution in [0.25, 0.3) is 0 Å². The number of benzene rings is 1. The molecule has 15 heavy (non-hydrogen) atoms. The Morgan fingerprint density at radius 2 is 2.20 bits per heavy atom. The van der Waals surface area contributed by atoms with Crippen molar-refractivity contribution in [3.05, 3.63) is 46.1 Å². The van der Waals surface area contributed by atoms with Gasteiger partial charge in [0.05, 0.1) is 6.61 Å². The highest BCUT2D eigenvalue weighted by Crippen LogP contribution is 2.30. The fourth-order valence-electron chi connectivity index (χ4n) is 1.67. The van der Waals surface area contributed by atoms with Crippen molar-refractivity contribution in [3.8, 4) is 0 Å². The molecule has 0 amide bonds. The van der Waals surface area contributed by atoms with Crippen LogP contribution in [0.4, 0.5) is 0 Å². The molecule has 1 heterocycles. The van der Waals surface area contributed by atoms with Crippen molar-refractivity contribution >= 4 is 15.9 Å². The summed E-state index contributed by atoms with van der Waals surface area (Å²) in [4.78, 5) is 0. The molecule has 0 aliphatic carbocycles. The summed E-state index contributed by atoms with van der Waals surface area (Å²) in [5.41, 5.74) is 3.87. The lowest BCUT2D eigenvalue weighted by atomic mass is 10.1. The summed E-state index contributed by atoms with van der Waals surface area (Å²) in [7, 11) is 0. The third kappa shape index (κ3) is 2.22. The Balaban J connectivity index is 2.30. The first-order valence-corrected chi connectivity index (χ1v) is 5.65. The van der Waals surface area contributed by atoms with Crippen LogP contribution >= 0.6 is 15.9 Å². The molecule has 1 aromatic carbocycles. The fourth-order valence-corrected chi connectivity index (χ4v) is 2.19. The SMILES string of the molecule is NNC(C1=CCCO1)c1ccccc1Br. The number of hydrogen-bond acceptors (Lipinski definition) is 3. The molecule has 1 atom stereocenters. The van der Waals surface area contributed by atoms with Gasteiger partial charge in [0.25, 0.3) is 0 Å². The fraction of sp³-hybridized carbons (Fsp3) is 0.273. The van der Waals surface area contributed by atoms with Crippen molar-refractivity contribution in [2.45, 2.75) is 12.5 Å². The van der Waals surface area contributed by atoms with Crippen LogP contribution in [0.1, 0.15) is 18.0 Å². The number of nitrogens with one attached hydrogen (secondary N) is 1. The minimum atomic E-state index is -0.0666. The van der Waals surface area contributed by atoms with E-state index in [4.69, 9.17) is 10.6 Å². The average molecular weight is 269 g/mol. The molecule has 3 N–H and O–H groups in total. The lowest BCUT2D eigenvalue weighted by Crippen LogP contribution is -2.29. The molecule has 1 unspecified atom stereocenters. The van der Waals surface area contributed by atoms with Crippen molar-refractivity contribution in [1.82, 2.24) is 5.43 Å². The molecule has 0 saturated carbocycles. The molecule has 1 aromatic rings.